The van der Waals surface area contributed by atoms with E-state index in [0.29, 0.717) is 22.3 Å². The molecule has 3 heterocycles. The van der Waals surface area contributed by atoms with Crippen molar-refractivity contribution in [2.45, 2.75) is 6.92 Å². The van der Waals surface area contributed by atoms with E-state index in [0.717, 1.165) is 16.8 Å². The zero-order chi connectivity index (χ0) is 18.3. The molecule has 0 N–H and O–H groups in total. The second kappa shape index (κ2) is 6.11. The fourth-order valence-electron chi connectivity index (χ4n) is 3.00. The van der Waals surface area contributed by atoms with E-state index < -0.39 is 5.97 Å². The Kier molecular flexibility index (Phi) is 3.76. The van der Waals surface area contributed by atoms with Gasteiger partial charge in [-0.15, -0.1) is 0 Å². The molecule has 0 aliphatic carbocycles. The Morgan fingerprint density at radius 1 is 1.23 bits per heavy atom. The van der Waals surface area contributed by atoms with Gasteiger partial charge in [-0.1, -0.05) is 35.5 Å². The molecule has 1 aromatic carbocycles. The van der Waals surface area contributed by atoms with Gasteiger partial charge >= 0.3 is 5.97 Å². The van der Waals surface area contributed by atoms with E-state index in [9.17, 15) is 4.79 Å². The third-order valence-electron chi connectivity index (χ3n) is 4.19. The zero-order valence-electron chi connectivity index (χ0n) is 14.6. The van der Waals surface area contributed by atoms with Crippen molar-refractivity contribution in [2.75, 3.05) is 7.11 Å². The average molecular weight is 348 g/mol. The summed E-state index contributed by atoms with van der Waals surface area (Å²) in [5.41, 5.74) is 4.24. The van der Waals surface area contributed by atoms with Crippen LogP contribution in [0.25, 0.3) is 33.6 Å². The Morgan fingerprint density at radius 3 is 2.65 bits per heavy atom. The molecule has 4 rings (SSSR count). The van der Waals surface area contributed by atoms with Crippen molar-refractivity contribution in [3.8, 4) is 22.5 Å². The molecule has 3 aromatic heterocycles. The maximum atomic E-state index is 12.4. The number of hydrogen-bond acceptors (Lipinski definition) is 6. The smallest absolute Gasteiger partial charge is 0.338 e. The fraction of sp³-hybridized carbons (Fsp3) is 0.158. The van der Waals surface area contributed by atoms with Crippen LogP contribution in [0.5, 0.6) is 0 Å². The average Bonchev–Trinajstić information content (AvgIpc) is 3.23. The Balaban J connectivity index is 2.00. The number of methoxy groups -OCH3 is 1. The molecule has 0 unspecified atom stereocenters. The summed E-state index contributed by atoms with van der Waals surface area (Å²) in [6.07, 6.45) is 1.85. The molecule has 0 bridgehead atoms. The number of esters is 1. The molecule has 4 aromatic rings. The van der Waals surface area contributed by atoms with Crippen LogP contribution in [0, 0.1) is 6.92 Å². The molecule has 0 aliphatic rings. The van der Waals surface area contributed by atoms with E-state index in [1.807, 2.05) is 50.5 Å². The fourth-order valence-corrected chi connectivity index (χ4v) is 3.00. The van der Waals surface area contributed by atoms with Crippen molar-refractivity contribution < 1.29 is 14.1 Å². The van der Waals surface area contributed by atoms with E-state index in [2.05, 4.69) is 15.2 Å². The van der Waals surface area contributed by atoms with Crippen LogP contribution in [0.1, 0.15) is 16.1 Å². The molecular formula is C19H16N4O3. The minimum atomic E-state index is -0.472. The van der Waals surface area contributed by atoms with Crippen LogP contribution in [0.3, 0.4) is 0 Å². The molecule has 0 atom stereocenters. The largest absolute Gasteiger partial charge is 0.465 e. The minimum absolute atomic E-state index is 0.282. The summed E-state index contributed by atoms with van der Waals surface area (Å²) in [5.74, 6) is -0.472. The number of carbonyl (C=O) groups excluding carboxylic acids is 1. The molecule has 0 fully saturated rings. The first-order valence-corrected chi connectivity index (χ1v) is 8.03. The summed E-state index contributed by atoms with van der Waals surface area (Å²) in [6.45, 7) is 1.88. The summed E-state index contributed by atoms with van der Waals surface area (Å²) in [5, 5.41) is 9.00. The van der Waals surface area contributed by atoms with Gasteiger partial charge in [0.25, 0.3) is 5.71 Å². The van der Waals surface area contributed by atoms with Gasteiger partial charge in [-0.2, -0.15) is 5.10 Å². The van der Waals surface area contributed by atoms with Gasteiger partial charge in [0.2, 0.25) is 0 Å². The summed E-state index contributed by atoms with van der Waals surface area (Å²) in [4.78, 5) is 17.0. The highest BCUT2D eigenvalue weighted by Crippen LogP contribution is 2.33. The lowest BCUT2D eigenvalue weighted by Crippen LogP contribution is -2.04. The second-order valence-corrected chi connectivity index (χ2v) is 5.93. The van der Waals surface area contributed by atoms with Gasteiger partial charge in [-0.25, -0.2) is 9.78 Å². The van der Waals surface area contributed by atoms with Crippen LogP contribution in [0.2, 0.25) is 0 Å². The Bertz CT molecular complexity index is 1110. The maximum Gasteiger partial charge on any atom is 0.338 e. The second-order valence-electron chi connectivity index (χ2n) is 5.93. The van der Waals surface area contributed by atoms with Crippen LogP contribution in [-0.4, -0.2) is 33.0 Å². The van der Waals surface area contributed by atoms with Gasteiger partial charge in [0.1, 0.15) is 5.69 Å². The quantitative estimate of drug-likeness (QED) is 0.528. The zero-order valence-corrected chi connectivity index (χ0v) is 14.6. The molecule has 0 saturated carbocycles. The lowest BCUT2D eigenvalue weighted by molar-refractivity contribution is 0.0603. The minimum Gasteiger partial charge on any atom is -0.465 e. The molecule has 0 spiro atoms. The molecule has 0 aliphatic heterocycles. The molecule has 7 nitrogen and oxygen atoms in total. The van der Waals surface area contributed by atoms with Crippen molar-refractivity contribution in [3.05, 3.63) is 53.9 Å². The van der Waals surface area contributed by atoms with Crippen molar-refractivity contribution in [2.24, 2.45) is 7.05 Å². The standard InChI is InChI=1S/C19H16N4O3/c1-11-14(10-23(2)21-11)15-9-13(19(24)25-3)16-17(22-26-18(16)20-15)12-7-5-4-6-8-12/h4-10H,1-3H3. The van der Waals surface area contributed by atoms with Gasteiger partial charge < -0.3 is 9.26 Å². The number of nitrogens with zero attached hydrogens (tertiary/aromatic N) is 4. The predicted molar refractivity (Wildman–Crippen MR) is 95.5 cm³/mol. The van der Waals surface area contributed by atoms with Gasteiger partial charge in [0.15, 0.2) is 0 Å². The molecule has 0 radical (unpaired) electrons. The Morgan fingerprint density at radius 2 is 2.00 bits per heavy atom. The van der Waals surface area contributed by atoms with Gasteiger partial charge in [0.05, 0.1) is 29.4 Å². The van der Waals surface area contributed by atoms with Crippen LogP contribution in [-0.2, 0) is 11.8 Å². The molecule has 26 heavy (non-hydrogen) atoms. The number of aryl methyl sites for hydroxylation is 2. The predicted octanol–water partition coefficient (Wildman–Crippen LogP) is 3.39. The Hall–Kier alpha value is -3.48. The highest BCUT2D eigenvalue weighted by atomic mass is 16.5. The molecular weight excluding hydrogens is 332 g/mol. The van der Waals surface area contributed by atoms with E-state index in [1.165, 1.54) is 7.11 Å². The van der Waals surface area contributed by atoms with Crippen LogP contribution in [0.4, 0.5) is 0 Å². The van der Waals surface area contributed by atoms with E-state index in [4.69, 9.17) is 9.26 Å². The number of carbonyl (C=O) groups is 1. The number of hydrogen-bond donors (Lipinski definition) is 0. The van der Waals surface area contributed by atoms with Crippen molar-refractivity contribution in [3.63, 3.8) is 0 Å². The Labute approximate surface area is 149 Å². The van der Waals surface area contributed by atoms with Crippen LogP contribution < -0.4 is 0 Å². The number of aromatic nitrogens is 4. The van der Waals surface area contributed by atoms with Crippen molar-refractivity contribution in [1.29, 1.82) is 0 Å². The lowest BCUT2D eigenvalue weighted by atomic mass is 10.0. The first kappa shape index (κ1) is 16.0. The van der Waals surface area contributed by atoms with E-state index in [-0.39, 0.29) is 5.71 Å². The molecule has 0 saturated heterocycles. The number of fused-ring (bicyclic) bond motifs is 1. The normalized spacial score (nSPS) is 11.0. The topological polar surface area (TPSA) is 83.0 Å². The summed E-state index contributed by atoms with van der Waals surface area (Å²) in [7, 11) is 3.18. The molecule has 7 heteroatoms. The number of pyridine rings is 1. The number of rotatable bonds is 3. The SMILES string of the molecule is COC(=O)c1cc(-c2cn(C)nc2C)nc2onc(-c3ccccc3)c12. The van der Waals surface area contributed by atoms with Crippen LogP contribution in [0.15, 0.2) is 47.1 Å². The van der Waals surface area contributed by atoms with Crippen molar-refractivity contribution >= 4 is 17.1 Å². The highest BCUT2D eigenvalue weighted by Gasteiger charge is 2.23. The monoisotopic (exact) mass is 348 g/mol. The third kappa shape index (κ3) is 2.54. The summed E-state index contributed by atoms with van der Waals surface area (Å²) >= 11 is 0. The van der Waals surface area contributed by atoms with Crippen LogP contribution >= 0.6 is 0 Å². The van der Waals surface area contributed by atoms with Crippen molar-refractivity contribution in [1.82, 2.24) is 19.9 Å². The van der Waals surface area contributed by atoms with Gasteiger partial charge in [0, 0.05) is 24.4 Å². The van der Waals surface area contributed by atoms with Gasteiger partial charge in [-0.05, 0) is 13.0 Å². The summed E-state index contributed by atoms with van der Waals surface area (Å²) in [6, 6.07) is 11.2. The highest BCUT2D eigenvalue weighted by molar-refractivity contribution is 6.08. The number of ether oxygens (including phenoxy) is 1. The molecule has 130 valence electrons. The van der Waals surface area contributed by atoms with E-state index >= 15 is 0 Å². The summed E-state index contributed by atoms with van der Waals surface area (Å²) < 4.78 is 12.1. The first-order valence-electron chi connectivity index (χ1n) is 8.03. The number of benzene rings is 1. The molecule has 0 amide bonds. The maximum absolute atomic E-state index is 12.4. The third-order valence-corrected chi connectivity index (χ3v) is 4.19. The first-order chi connectivity index (χ1) is 12.6. The van der Waals surface area contributed by atoms with Gasteiger partial charge in [-0.3, -0.25) is 4.68 Å². The lowest BCUT2D eigenvalue weighted by Gasteiger charge is -2.05. The van der Waals surface area contributed by atoms with E-state index in [1.54, 1.807) is 10.7 Å².